The van der Waals surface area contributed by atoms with E-state index in [0.717, 1.165) is 26.3 Å². The minimum absolute atomic E-state index is 0.119. The smallest absolute Gasteiger partial charge is 0.270 e. The number of halogens is 1. The molecule has 1 fully saturated rings. The molecule has 0 radical (unpaired) electrons. The van der Waals surface area contributed by atoms with Crippen LogP contribution in [0.25, 0.3) is 6.08 Å². The largest absolute Gasteiger partial charge is 0.497 e. The van der Waals surface area contributed by atoms with Crippen LogP contribution in [0.3, 0.4) is 0 Å². The van der Waals surface area contributed by atoms with Gasteiger partial charge in [-0.3, -0.25) is 9.69 Å². The van der Waals surface area contributed by atoms with Crippen molar-refractivity contribution in [3.05, 3.63) is 56.5 Å². The molecule has 2 aromatic carbocycles. The van der Waals surface area contributed by atoms with Crippen LogP contribution >= 0.6 is 46.6 Å². The van der Waals surface area contributed by atoms with Crippen molar-refractivity contribution in [2.45, 2.75) is 0 Å². The number of rotatable bonds is 4. The van der Waals surface area contributed by atoms with Gasteiger partial charge < -0.3 is 9.47 Å². The molecule has 4 nitrogen and oxygen atoms in total. The minimum Gasteiger partial charge on any atom is -0.497 e. The fourth-order valence-electron chi connectivity index (χ4n) is 2.35. The number of amides is 1. The number of carbonyl (C=O) groups excluding carboxylic acids is 1. The van der Waals surface area contributed by atoms with Crippen LogP contribution in [0.15, 0.2) is 47.4 Å². The number of benzene rings is 2. The van der Waals surface area contributed by atoms with E-state index in [2.05, 4.69) is 22.6 Å². The van der Waals surface area contributed by atoms with Gasteiger partial charge in [-0.1, -0.05) is 30.0 Å². The number of thiocarbonyl (C=S) groups is 1. The first-order valence-corrected chi connectivity index (χ1v) is 9.59. The summed E-state index contributed by atoms with van der Waals surface area (Å²) in [4.78, 5) is 14.9. The van der Waals surface area contributed by atoms with Gasteiger partial charge in [0.1, 0.15) is 11.5 Å². The Morgan fingerprint density at radius 1 is 1.12 bits per heavy atom. The maximum Gasteiger partial charge on any atom is 0.270 e. The third-order valence-electron chi connectivity index (χ3n) is 3.60. The molecule has 25 heavy (non-hydrogen) atoms. The molecule has 0 saturated carbocycles. The highest BCUT2D eigenvalue weighted by molar-refractivity contribution is 14.1. The molecule has 0 aliphatic carbocycles. The van der Waals surface area contributed by atoms with Crippen LogP contribution in [-0.2, 0) is 4.79 Å². The number of hydrogen-bond donors (Lipinski definition) is 0. The van der Waals surface area contributed by atoms with Gasteiger partial charge in [-0.15, -0.1) is 0 Å². The lowest BCUT2D eigenvalue weighted by Gasteiger charge is -2.14. The number of carbonyl (C=O) groups is 1. The Balaban J connectivity index is 1.88. The van der Waals surface area contributed by atoms with Gasteiger partial charge in [-0.2, -0.15) is 0 Å². The molecule has 7 heteroatoms. The summed E-state index contributed by atoms with van der Waals surface area (Å²) in [5, 5.41) is 0. The van der Waals surface area contributed by atoms with Crippen molar-refractivity contribution in [1.82, 2.24) is 0 Å². The zero-order chi connectivity index (χ0) is 18.0. The molecule has 1 aliphatic heterocycles. The summed E-state index contributed by atoms with van der Waals surface area (Å²) in [7, 11) is 3.24. The van der Waals surface area contributed by atoms with Crippen LogP contribution in [-0.4, -0.2) is 24.4 Å². The summed E-state index contributed by atoms with van der Waals surface area (Å²) >= 11 is 8.90. The first-order chi connectivity index (χ1) is 12.0. The molecule has 0 bridgehead atoms. The average Bonchev–Trinajstić information content (AvgIpc) is 2.89. The summed E-state index contributed by atoms with van der Waals surface area (Å²) in [6, 6.07) is 13.0. The monoisotopic (exact) mass is 483 g/mol. The topological polar surface area (TPSA) is 38.8 Å². The molecule has 1 amide bonds. The van der Waals surface area contributed by atoms with E-state index in [-0.39, 0.29) is 5.91 Å². The van der Waals surface area contributed by atoms with Gasteiger partial charge in [0.25, 0.3) is 5.91 Å². The number of hydrogen-bond acceptors (Lipinski definition) is 5. The maximum absolute atomic E-state index is 12.8. The molecule has 0 aromatic heterocycles. The zero-order valence-electron chi connectivity index (χ0n) is 13.5. The van der Waals surface area contributed by atoms with Crippen molar-refractivity contribution < 1.29 is 14.3 Å². The lowest BCUT2D eigenvalue weighted by molar-refractivity contribution is -0.113. The predicted molar refractivity (Wildman–Crippen MR) is 114 cm³/mol. The van der Waals surface area contributed by atoms with Crippen molar-refractivity contribution >= 4 is 68.6 Å². The molecule has 1 aliphatic rings. The Labute approximate surface area is 169 Å². The Morgan fingerprint density at radius 2 is 1.84 bits per heavy atom. The first kappa shape index (κ1) is 18.2. The number of thioether (sulfide) groups is 1. The van der Waals surface area contributed by atoms with Crippen LogP contribution in [0.1, 0.15) is 5.56 Å². The SMILES string of the molecule is COc1ccc(N2C(=O)/C(=C\c3ccc(OC)c(I)c3)SC2=S)cc1. The highest BCUT2D eigenvalue weighted by Crippen LogP contribution is 2.37. The van der Waals surface area contributed by atoms with Crippen LogP contribution in [0.5, 0.6) is 11.5 Å². The van der Waals surface area contributed by atoms with Crippen molar-refractivity contribution in [3.8, 4) is 11.5 Å². The molecule has 0 N–H and O–H groups in total. The Morgan fingerprint density at radius 3 is 2.44 bits per heavy atom. The van der Waals surface area contributed by atoms with Crippen molar-refractivity contribution in [1.29, 1.82) is 0 Å². The second-order valence-electron chi connectivity index (χ2n) is 5.11. The van der Waals surface area contributed by atoms with Crippen LogP contribution in [0, 0.1) is 3.57 Å². The molecule has 0 unspecified atom stereocenters. The summed E-state index contributed by atoms with van der Waals surface area (Å²) in [5.74, 6) is 1.42. The summed E-state index contributed by atoms with van der Waals surface area (Å²) in [5.41, 5.74) is 1.66. The average molecular weight is 483 g/mol. The molecule has 2 aromatic rings. The number of anilines is 1. The first-order valence-electron chi connectivity index (χ1n) is 7.29. The highest BCUT2D eigenvalue weighted by atomic mass is 127. The molecule has 3 rings (SSSR count). The Kier molecular flexibility index (Phi) is 5.65. The van der Waals surface area contributed by atoms with Gasteiger partial charge in [-0.25, -0.2) is 0 Å². The van der Waals surface area contributed by atoms with E-state index in [1.807, 2.05) is 48.5 Å². The third kappa shape index (κ3) is 3.83. The van der Waals surface area contributed by atoms with E-state index in [9.17, 15) is 4.79 Å². The zero-order valence-corrected chi connectivity index (χ0v) is 17.3. The molecule has 0 spiro atoms. The number of nitrogens with zero attached hydrogens (tertiary/aromatic N) is 1. The summed E-state index contributed by atoms with van der Waals surface area (Å²) in [6.07, 6.45) is 1.85. The standard InChI is InChI=1S/C18H14INO3S2/c1-22-13-6-4-12(5-7-13)20-17(21)16(25-18(20)24)10-11-3-8-15(23-2)14(19)9-11/h3-10H,1-2H3/b16-10+. The van der Waals surface area contributed by atoms with E-state index >= 15 is 0 Å². The van der Waals surface area contributed by atoms with Crippen LogP contribution < -0.4 is 14.4 Å². The van der Waals surface area contributed by atoms with Gasteiger partial charge in [0, 0.05) is 0 Å². The van der Waals surface area contributed by atoms with E-state index in [4.69, 9.17) is 21.7 Å². The lowest BCUT2D eigenvalue weighted by atomic mass is 10.2. The summed E-state index contributed by atoms with van der Waals surface area (Å²) in [6.45, 7) is 0. The number of methoxy groups -OCH3 is 2. The molecular formula is C18H14INO3S2. The van der Waals surface area contributed by atoms with E-state index in [0.29, 0.717) is 9.23 Å². The normalized spacial score (nSPS) is 15.8. The van der Waals surface area contributed by atoms with Gasteiger partial charge in [0.2, 0.25) is 0 Å². The Bertz CT molecular complexity index is 865. The van der Waals surface area contributed by atoms with Gasteiger partial charge in [0.15, 0.2) is 4.32 Å². The summed E-state index contributed by atoms with van der Waals surface area (Å²) < 4.78 is 11.9. The fraction of sp³-hybridized carbons (Fsp3) is 0.111. The Hall–Kier alpha value is -1.58. The second-order valence-corrected chi connectivity index (χ2v) is 7.95. The highest BCUT2D eigenvalue weighted by Gasteiger charge is 2.33. The van der Waals surface area contributed by atoms with Gasteiger partial charge >= 0.3 is 0 Å². The lowest BCUT2D eigenvalue weighted by Crippen LogP contribution is -2.27. The van der Waals surface area contributed by atoms with Crippen LogP contribution in [0.4, 0.5) is 5.69 Å². The number of ether oxygens (including phenoxy) is 2. The second kappa shape index (κ2) is 7.76. The van der Waals surface area contributed by atoms with Gasteiger partial charge in [-0.05, 0) is 70.6 Å². The van der Waals surface area contributed by atoms with E-state index in [1.165, 1.54) is 11.8 Å². The molecule has 0 atom stereocenters. The van der Waals surface area contributed by atoms with E-state index in [1.54, 1.807) is 19.1 Å². The van der Waals surface area contributed by atoms with Crippen molar-refractivity contribution in [2.24, 2.45) is 0 Å². The molecule has 1 saturated heterocycles. The van der Waals surface area contributed by atoms with Gasteiger partial charge in [0.05, 0.1) is 28.4 Å². The van der Waals surface area contributed by atoms with Crippen LogP contribution in [0.2, 0.25) is 0 Å². The van der Waals surface area contributed by atoms with E-state index < -0.39 is 0 Å². The minimum atomic E-state index is -0.119. The maximum atomic E-state index is 12.8. The van der Waals surface area contributed by atoms with Crippen molar-refractivity contribution in [3.63, 3.8) is 0 Å². The van der Waals surface area contributed by atoms with Crippen molar-refractivity contribution in [2.75, 3.05) is 19.1 Å². The fourth-order valence-corrected chi connectivity index (χ4v) is 4.40. The molecule has 1 heterocycles. The predicted octanol–water partition coefficient (Wildman–Crippen LogP) is 4.71. The molecular weight excluding hydrogens is 469 g/mol. The third-order valence-corrected chi connectivity index (χ3v) is 5.74. The quantitative estimate of drug-likeness (QED) is 0.358. The molecule has 128 valence electrons.